The van der Waals surface area contributed by atoms with E-state index in [4.69, 9.17) is 0 Å². The van der Waals surface area contributed by atoms with E-state index in [1.807, 2.05) is 23.1 Å². The summed E-state index contributed by atoms with van der Waals surface area (Å²) in [6.07, 6.45) is 4.54. The Morgan fingerprint density at radius 2 is 1.65 bits per heavy atom. The van der Waals surface area contributed by atoms with Crippen molar-refractivity contribution in [2.24, 2.45) is 0 Å². The zero-order valence-electron chi connectivity index (χ0n) is 12.0. The summed E-state index contributed by atoms with van der Waals surface area (Å²) in [5.74, 6) is -0.0487. The van der Waals surface area contributed by atoms with Crippen LogP contribution in [0.2, 0.25) is 0 Å². The Labute approximate surface area is 120 Å². The van der Waals surface area contributed by atoms with Crippen molar-refractivity contribution in [2.45, 2.75) is 25.7 Å². The van der Waals surface area contributed by atoms with Crippen LogP contribution in [0.4, 0.5) is 0 Å². The van der Waals surface area contributed by atoms with Gasteiger partial charge < -0.3 is 9.80 Å². The third-order valence-corrected chi connectivity index (χ3v) is 3.70. The van der Waals surface area contributed by atoms with Crippen LogP contribution in [0.5, 0.6) is 0 Å². The van der Waals surface area contributed by atoms with Gasteiger partial charge in [0.05, 0.1) is 6.54 Å². The van der Waals surface area contributed by atoms with Gasteiger partial charge in [0, 0.05) is 25.7 Å². The molecule has 0 radical (unpaired) electrons. The van der Waals surface area contributed by atoms with Gasteiger partial charge >= 0.3 is 0 Å². The van der Waals surface area contributed by atoms with Crippen molar-refractivity contribution in [2.75, 3.05) is 26.7 Å². The molecule has 1 aliphatic heterocycles. The van der Waals surface area contributed by atoms with Crippen molar-refractivity contribution < 1.29 is 9.59 Å². The van der Waals surface area contributed by atoms with Crippen molar-refractivity contribution in [1.82, 2.24) is 9.80 Å². The molecule has 0 bridgehead atoms. The lowest BCUT2D eigenvalue weighted by Crippen LogP contribution is -2.41. The standard InChI is InChI=1S/C16H22N2O2/c1-17(16(20)14-9-5-4-6-10-14)13-15(19)18-11-7-2-3-8-12-18/h4-6,9-10H,2-3,7-8,11-13H2,1H3. The molecule has 0 N–H and O–H groups in total. The van der Waals surface area contributed by atoms with Gasteiger partial charge in [-0.25, -0.2) is 0 Å². The van der Waals surface area contributed by atoms with E-state index in [1.54, 1.807) is 19.2 Å². The van der Waals surface area contributed by atoms with Crippen molar-refractivity contribution in [1.29, 1.82) is 0 Å². The molecule has 1 aliphatic rings. The van der Waals surface area contributed by atoms with Crippen molar-refractivity contribution in [3.05, 3.63) is 35.9 Å². The zero-order valence-corrected chi connectivity index (χ0v) is 12.0. The highest BCUT2D eigenvalue weighted by Gasteiger charge is 2.20. The van der Waals surface area contributed by atoms with Crippen LogP contribution in [-0.2, 0) is 4.79 Å². The smallest absolute Gasteiger partial charge is 0.254 e. The minimum absolute atomic E-state index is 0.0543. The van der Waals surface area contributed by atoms with Gasteiger partial charge in [-0.15, -0.1) is 0 Å². The topological polar surface area (TPSA) is 40.6 Å². The van der Waals surface area contributed by atoms with Crippen LogP contribution < -0.4 is 0 Å². The number of carbonyl (C=O) groups excluding carboxylic acids is 2. The van der Waals surface area contributed by atoms with E-state index in [-0.39, 0.29) is 18.4 Å². The van der Waals surface area contributed by atoms with E-state index in [2.05, 4.69) is 0 Å². The Morgan fingerprint density at radius 3 is 2.25 bits per heavy atom. The molecule has 4 heteroatoms. The summed E-state index contributed by atoms with van der Waals surface area (Å²) in [6.45, 7) is 1.81. The van der Waals surface area contributed by atoms with Crippen LogP contribution in [0.1, 0.15) is 36.0 Å². The molecule has 0 unspecified atom stereocenters. The zero-order chi connectivity index (χ0) is 14.4. The summed E-state index contributed by atoms with van der Waals surface area (Å²) in [5.41, 5.74) is 0.624. The van der Waals surface area contributed by atoms with E-state index < -0.39 is 0 Å². The van der Waals surface area contributed by atoms with Crippen molar-refractivity contribution >= 4 is 11.8 Å². The number of benzene rings is 1. The summed E-state index contributed by atoms with van der Waals surface area (Å²) >= 11 is 0. The fourth-order valence-corrected chi connectivity index (χ4v) is 2.50. The fourth-order valence-electron chi connectivity index (χ4n) is 2.50. The Balaban J connectivity index is 1.91. The fraction of sp³-hybridized carbons (Fsp3) is 0.500. The second kappa shape index (κ2) is 7.08. The monoisotopic (exact) mass is 274 g/mol. The molecule has 1 fully saturated rings. The second-order valence-electron chi connectivity index (χ2n) is 5.32. The molecule has 0 atom stereocenters. The minimum atomic E-state index is -0.103. The molecule has 1 saturated heterocycles. The van der Waals surface area contributed by atoms with Gasteiger partial charge in [-0.3, -0.25) is 9.59 Å². The Bertz CT molecular complexity index is 451. The first kappa shape index (κ1) is 14.6. The third kappa shape index (κ3) is 3.83. The van der Waals surface area contributed by atoms with Gasteiger partial charge in [0.25, 0.3) is 5.91 Å². The van der Waals surface area contributed by atoms with E-state index in [1.165, 1.54) is 17.7 Å². The number of nitrogens with zero attached hydrogens (tertiary/aromatic N) is 2. The SMILES string of the molecule is CN(CC(=O)N1CCCCCC1)C(=O)c1ccccc1. The highest BCUT2D eigenvalue weighted by Crippen LogP contribution is 2.10. The van der Waals surface area contributed by atoms with Gasteiger partial charge in [0.15, 0.2) is 0 Å². The van der Waals surface area contributed by atoms with E-state index in [0.29, 0.717) is 5.56 Å². The minimum Gasteiger partial charge on any atom is -0.341 e. The predicted octanol–water partition coefficient (Wildman–Crippen LogP) is 2.16. The average molecular weight is 274 g/mol. The molecule has 1 aromatic rings. The molecule has 0 saturated carbocycles. The molecule has 108 valence electrons. The van der Waals surface area contributed by atoms with Gasteiger partial charge in [-0.2, -0.15) is 0 Å². The number of likely N-dealkylation sites (N-methyl/N-ethyl adjacent to an activating group) is 1. The van der Waals surface area contributed by atoms with E-state index in [0.717, 1.165) is 25.9 Å². The maximum Gasteiger partial charge on any atom is 0.254 e. The summed E-state index contributed by atoms with van der Waals surface area (Å²) < 4.78 is 0. The molecule has 0 aromatic heterocycles. The summed E-state index contributed by atoms with van der Waals surface area (Å²) in [4.78, 5) is 27.8. The molecule has 2 rings (SSSR count). The van der Waals surface area contributed by atoms with Crippen molar-refractivity contribution in [3.63, 3.8) is 0 Å². The maximum absolute atomic E-state index is 12.2. The Hall–Kier alpha value is -1.84. The Kier molecular flexibility index (Phi) is 5.16. The molecular formula is C16H22N2O2. The van der Waals surface area contributed by atoms with Crippen LogP contribution >= 0.6 is 0 Å². The first-order valence-electron chi connectivity index (χ1n) is 7.27. The lowest BCUT2D eigenvalue weighted by molar-refractivity contribution is -0.131. The number of carbonyl (C=O) groups is 2. The highest BCUT2D eigenvalue weighted by molar-refractivity contribution is 5.96. The van der Waals surface area contributed by atoms with Gasteiger partial charge in [-0.05, 0) is 25.0 Å². The number of amides is 2. The molecule has 20 heavy (non-hydrogen) atoms. The first-order valence-corrected chi connectivity index (χ1v) is 7.27. The average Bonchev–Trinajstić information content (AvgIpc) is 2.76. The van der Waals surface area contributed by atoms with Gasteiger partial charge in [0.1, 0.15) is 0 Å². The molecule has 1 aromatic carbocycles. The molecule has 0 spiro atoms. The van der Waals surface area contributed by atoms with Crippen LogP contribution in [0.15, 0.2) is 30.3 Å². The lowest BCUT2D eigenvalue weighted by atomic mass is 10.2. The summed E-state index contributed by atoms with van der Waals surface area (Å²) in [7, 11) is 1.69. The van der Waals surface area contributed by atoms with Crippen LogP contribution in [0, 0.1) is 0 Å². The number of hydrogen-bond donors (Lipinski definition) is 0. The van der Waals surface area contributed by atoms with E-state index >= 15 is 0 Å². The molecule has 1 heterocycles. The summed E-state index contributed by atoms with van der Waals surface area (Å²) in [5, 5.41) is 0. The number of rotatable bonds is 3. The van der Waals surface area contributed by atoms with E-state index in [9.17, 15) is 9.59 Å². The van der Waals surface area contributed by atoms with Crippen LogP contribution in [-0.4, -0.2) is 48.3 Å². The Morgan fingerprint density at radius 1 is 1.05 bits per heavy atom. The number of hydrogen-bond acceptors (Lipinski definition) is 2. The van der Waals surface area contributed by atoms with Crippen molar-refractivity contribution in [3.8, 4) is 0 Å². The normalized spacial score (nSPS) is 15.6. The summed E-state index contributed by atoms with van der Waals surface area (Å²) in [6, 6.07) is 9.08. The number of likely N-dealkylation sites (tertiary alicyclic amines) is 1. The third-order valence-electron chi connectivity index (χ3n) is 3.70. The quantitative estimate of drug-likeness (QED) is 0.847. The second-order valence-corrected chi connectivity index (χ2v) is 5.32. The molecule has 4 nitrogen and oxygen atoms in total. The first-order chi connectivity index (χ1) is 9.68. The highest BCUT2D eigenvalue weighted by atomic mass is 16.2. The molecule has 0 aliphatic carbocycles. The van der Waals surface area contributed by atoms with Gasteiger partial charge in [-0.1, -0.05) is 31.0 Å². The van der Waals surface area contributed by atoms with Gasteiger partial charge in [0.2, 0.25) is 5.91 Å². The van der Waals surface area contributed by atoms with Crippen LogP contribution in [0.3, 0.4) is 0 Å². The predicted molar refractivity (Wildman–Crippen MR) is 78.5 cm³/mol. The lowest BCUT2D eigenvalue weighted by Gasteiger charge is -2.24. The molecular weight excluding hydrogens is 252 g/mol. The largest absolute Gasteiger partial charge is 0.341 e. The molecule has 2 amide bonds. The maximum atomic E-state index is 12.2. The van der Waals surface area contributed by atoms with Crippen LogP contribution in [0.25, 0.3) is 0 Å².